The Kier molecular flexibility index (Phi) is 5.52. The van der Waals surface area contributed by atoms with Crippen LogP contribution in [0.1, 0.15) is 52.6 Å². The summed E-state index contributed by atoms with van der Waals surface area (Å²) in [5.41, 5.74) is 0.381. The average Bonchev–Trinajstić information content (AvgIpc) is 2.84. The van der Waals surface area contributed by atoms with Crippen molar-refractivity contribution in [2.24, 2.45) is 5.92 Å². The van der Waals surface area contributed by atoms with Gasteiger partial charge in [-0.3, -0.25) is 4.90 Å². The largest absolute Gasteiger partial charge is 0.464 e. The van der Waals surface area contributed by atoms with E-state index in [1.165, 1.54) is 0 Å². The zero-order chi connectivity index (χ0) is 17.9. The smallest absolute Gasteiger partial charge is 0.411 e. The number of carbonyl (C=O) groups is 2. The molecule has 1 heterocycles. The second-order valence-electron chi connectivity index (χ2n) is 7.22. The van der Waals surface area contributed by atoms with Crippen LogP contribution < -0.4 is 0 Å². The van der Waals surface area contributed by atoms with Crippen LogP contribution in [-0.4, -0.2) is 35.2 Å². The molecule has 5 nitrogen and oxygen atoms in total. The fourth-order valence-corrected chi connectivity index (χ4v) is 3.21. The van der Waals surface area contributed by atoms with Crippen LogP contribution in [0.4, 0.5) is 4.79 Å². The van der Waals surface area contributed by atoms with Crippen molar-refractivity contribution in [1.29, 1.82) is 0 Å². The number of hydrogen-bond donors (Lipinski definition) is 0. The van der Waals surface area contributed by atoms with E-state index in [1.807, 2.05) is 58.0 Å². The average molecular weight is 333 g/mol. The maximum Gasteiger partial charge on any atom is 0.411 e. The van der Waals surface area contributed by atoms with Crippen LogP contribution in [0.3, 0.4) is 0 Å². The molecule has 0 spiro atoms. The van der Waals surface area contributed by atoms with Crippen LogP contribution in [0.2, 0.25) is 0 Å². The fraction of sp³-hybridized carbons (Fsp3) is 0.579. The molecule has 0 aromatic heterocycles. The molecule has 1 aromatic rings. The summed E-state index contributed by atoms with van der Waals surface area (Å²) >= 11 is 0. The van der Waals surface area contributed by atoms with E-state index < -0.39 is 17.7 Å². The minimum Gasteiger partial charge on any atom is -0.464 e. The number of rotatable bonds is 3. The predicted molar refractivity (Wildman–Crippen MR) is 91.5 cm³/mol. The van der Waals surface area contributed by atoms with Crippen molar-refractivity contribution in [3.8, 4) is 0 Å². The van der Waals surface area contributed by atoms with E-state index in [9.17, 15) is 9.59 Å². The second-order valence-corrected chi connectivity index (χ2v) is 7.22. The van der Waals surface area contributed by atoms with E-state index >= 15 is 0 Å². The number of benzene rings is 1. The zero-order valence-corrected chi connectivity index (χ0v) is 15.1. The fourth-order valence-electron chi connectivity index (χ4n) is 3.21. The number of carbonyl (C=O) groups excluding carboxylic acids is 2. The van der Waals surface area contributed by atoms with E-state index in [0.717, 1.165) is 5.56 Å². The van der Waals surface area contributed by atoms with Crippen molar-refractivity contribution in [2.45, 2.75) is 58.7 Å². The third kappa shape index (κ3) is 4.08. The second kappa shape index (κ2) is 7.24. The summed E-state index contributed by atoms with van der Waals surface area (Å²) in [4.78, 5) is 26.7. The summed E-state index contributed by atoms with van der Waals surface area (Å²) in [5.74, 6) is -0.233. The highest BCUT2D eigenvalue weighted by Gasteiger charge is 2.48. The molecule has 2 rings (SSSR count). The Morgan fingerprint density at radius 2 is 1.83 bits per heavy atom. The molecule has 1 saturated heterocycles. The maximum atomic E-state index is 12.8. The first-order valence-electron chi connectivity index (χ1n) is 8.47. The molecule has 0 bridgehead atoms. The molecule has 5 heteroatoms. The van der Waals surface area contributed by atoms with Crippen LogP contribution in [0.15, 0.2) is 30.3 Å². The third-order valence-electron chi connectivity index (χ3n) is 4.07. The Bertz CT molecular complexity index is 579. The normalized spacial score (nSPS) is 23.9. The van der Waals surface area contributed by atoms with E-state index in [2.05, 4.69) is 0 Å². The topological polar surface area (TPSA) is 55.8 Å². The lowest BCUT2D eigenvalue weighted by Gasteiger charge is -2.32. The van der Waals surface area contributed by atoms with Gasteiger partial charge < -0.3 is 9.47 Å². The summed E-state index contributed by atoms with van der Waals surface area (Å²) < 4.78 is 10.7. The number of amides is 1. The van der Waals surface area contributed by atoms with Crippen LogP contribution in [-0.2, 0) is 14.3 Å². The summed E-state index contributed by atoms with van der Waals surface area (Å²) in [6.45, 7) is 9.57. The molecule has 0 saturated carbocycles. The van der Waals surface area contributed by atoms with E-state index in [4.69, 9.17) is 9.47 Å². The molecule has 24 heavy (non-hydrogen) atoms. The summed E-state index contributed by atoms with van der Waals surface area (Å²) in [6.07, 6.45) is 0.0937. The van der Waals surface area contributed by atoms with Gasteiger partial charge in [-0.2, -0.15) is 0 Å². The van der Waals surface area contributed by atoms with Gasteiger partial charge in [-0.25, -0.2) is 9.59 Å². The van der Waals surface area contributed by atoms with E-state index in [0.29, 0.717) is 13.0 Å². The number of ether oxygens (including phenoxy) is 2. The van der Waals surface area contributed by atoms with Gasteiger partial charge in [0.05, 0.1) is 12.6 Å². The molecule has 3 atom stereocenters. The lowest BCUT2D eigenvalue weighted by molar-refractivity contribution is -0.148. The van der Waals surface area contributed by atoms with Gasteiger partial charge in [0.15, 0.2) is 0 Å². The molecule has 1 aliphatic heterocycles. The predicted octanol–water partition coefficient (Wildman–Crippen LogP) is 3.94. The Morgan fingerprint density at radius 3 is 2.38 bits per heavy atom. The van der Waals surface area contributed by atoms with Crippen molar-refractivity contribution in [2.75, 3.05) is 6.61 Å². The minimum atomic E-state index is -0.622. The molecule has 0 unspecified atom stereocenters. The monoisotopic (exact) mass is 333 g/mol. The molecule has 1 amide bonds. The van der Waals surface area contributed by atoms with Gasteiger partial charge in [0.25, 0.3) is 0 Å². The third-order valence-corrected chi connectivity index (χ3v) is 4.07. The van der Waals surface area contributed by atoms with Gasteiger partial charge in [-0.1, -0.05) is 37.3 Å². The molecule has 132 valence electrons. The number of nitrogens with zero attached hydrogens (tertiary/aromatic N) is 1. The highest BCUT2D eigenvalue weighted by atomic mass is 16.6. The number of esters is 1. The molecule has 1 fully saturated rings. The highest BCUT2D eigenvalue weighted by Crippen LogP contribution is 2.42. The van der Waals surface area contributed by atoms with Gasteiger partial charge in [0, 0.05) is 0 Å². The molecule has 0 N–H and O–H groups in total. The molecule has 1 aromatic carbocycles. The van der Waals surface area contributed by atoms with Gasteiger partial charge in [-0.15, -0.1) is 0 Å². The molecular weight excluding hydrogens is 306 g/mol. The number of likely N-dealkylation sites (tertiary alicyclic amines) is 1. The summed E-state index contributed by atoms with van der Waals surface area (Å²) in [7, 11) is 0. The van der Waals surface area contributed by atoms with E-state index in [-0.39, 0.29) is 17.9 Å². The maximum absolute atomic E-state index is 12.8. The quantitative estimate of drug-likeness (QED) is 0.786. The van der Waals surface area contributed by atoms with E-state index in [1.54, 1.807) is 11.8 Å². The molecule has 1 aliphatic rings. The molecule has 0 radical (unpaired) electrons. The minimum absolute atomic E-state index is 0.134. The van der Waals surface area contributed by atoms with Crippen molar-refractivity contribution in [3.63, 3.8) is 0 Å². The standard InChI is InChI=1S/C19H27NO4/c1-6-23-17(21)15-12-13(2)16(14-10-8-7-9-11-14)20(15)18(22)24-19(3,4)5/h7-11,13,15-16H,6,12H2,1-5H3/t13-,15+,16-/m0/s1. The van der Waals surface area contributed by atoms with Gasteiger partial charge >= 0.3 is 12.1 Å². The van der Waals surface area contributed by atoms with Gasteiger partial charge in [0.1, 0.15) is 11.6 Å². The molecular formula is C19H27NO4. The number of hydrogen-bond acceptors (Lipinski definition) is 4. The van der Waals surface area contributed by atoms with Gasteiger partial charge in [0.2, 0.25) is 0 Å². The van der Waals surface area contributed by atoms with Crippen molar-refractivity contribution in [3.05, 3.63) is 35.9 Å². The van der Waals surface area contributed by atoms with Crippen molar-refractivity contribution >= 4 is 12.1 Å². The lowest BCUT2D eigenvalue weighted by Crippen LogP contribution is -2.45. The Balaban J connectivity index is 2.37. The SMILES string of the molecule is CCOC(=O)[C@H]1C[C@H](C)[C@@H](c2ccccc2)N1C(=O)OC(C)(C)C. The Morgan fingerprint density at radius 1 is 1.21 bits per heavy atom. The van der Waals surface area contributed by atoms with Crippen LogP contribution in [0, 0.1) is 5.92 Å². The zero-order valence-electron chi connectivity index (χ0n) is 15.1. The lowest BCUT2D eigenvalue weighted by atomic mass is 9.95. The van der Waals surface area contributed by atoms with Crippen LogP contribution in [0.5, 0.6) is 0 Å². The van der Waals surface area contributed by atoms with Crippen molar-refractivity contribution < 1.29 is 19.1 Å². The Hall–Kier alpha value is -2.04. The molecule has 0 aliphatic carbocycles. The summed E-state index contributed by atoms with van der Waals surface area (Å²) in [5, 5.41) is 0. The first kappa shape index (κ1) is 18.3. The highest BCUT2D eigenvalue weighted by molar-refractivity contribution is 5.82. The first-order chi connectivity index (χ1) is 11.2. The Labute approximate surface area is 143 Å². The van der Waals surface area contributed by atoms with Gasteiger partial charge in [-0.05, 0) is 45.6 Å². The van der Waals surface area contributed by atoms with Crippen LogP contribution in [0.25, 0.3) is 0 Å². The van der Waals surface area contributed by atoms with Crippen LogP contribution >= 0.6 is 0 Å². The van der Waals surface area contributed by atoms with Crippen molar-refractivity contribution in [1.82, 2.24) is 4.90 Å². The first-order valence-corrected chi connectivity index (χ1v) is 8.47. The summed E-state index contributed by atoms with van der Waals surface area (Å²) in [6, 6.07) is 8.96.